The minimum Gasteiger partial charge on any atom is -0.388 e. The molecule has 0 fully saturated rings. The molecule has 0 bridgehead atoms. The fraction of sp³-hybridized carbons (Fsp3) is 0.333. The van der Waals surface area contributed by atoms with Crippen LogP contribution in [0.3, 0.4) is 0 Å². The molecule has 0 aliphatic carbocycles. The number of thiophene rings is 1. The van der Waals surface area contributed by atoms with Gasteiger partial charge in [0.05, 0.1) is 6.10 Å². The molecule has 17 heavy (non-hydrogen) atoms. The third kappa shape index (κ3) is 2.96. The zero-order valence-electron chi connectivity index (χ0n) is 10.5. The molecule has 1 aromatic carbocycles. The van der Waals surface area contributed by atoms with Crippen molar-refractivity contribution < 1.29 is 5.11 Å². The summed E-state index contributed by atoms with van der Waals surface area (Å²) in [6.07, 6.45) is 0.305. The molecule has 1 atom stereocenters. The number of rotatable bonds is 3. The van der Waals surface area contributed by atoms with Crippen LogP contribution >= 0.6 is 11.3 Å². The predicted molar refractivity (Wildman–Crippen MR) is 73.6 cm³/mol. The van der Waals surface area contributed by atoms with Crippen molar-refractivity contribution in [2.45, 2.75) is 33.3 Å². The van der Waals surface area contributed by atoms with Crippen molar-refractivity contribution in [3.63, 3.8) is 0 Å². The maximum Gasteiger partial charge on any atom is 0.0841 e. The molecule has 2 rings (SSSR count). The standard InChI is InChI=1S/C15H18OS/c1-10-4-6-13(7-5-10)9-15(16)14-8-11(2)17-12(14)3/h4-8,15-16H,9H2,1-3H3. The zero-order chi connectivity index (χ0) is 12.4. The average molecular weight is 246 g/mol. The first-order valence-corrected chi connectivity index (χ1v) is 6.68. The summed E-state index contributed by atoms with van der Waals surface area (Å²) < 4.78 is 0. The van der Waals surface area contributed by atoms with Gasteiger partial charge in [-0.25, -0.2) is 0 Å². The van der Waals surface area contributed by atoms with E-state index in [2.05, 4.69) is 51.1 Å². The lowest BCUT2D eigenvalue weighted by Gasteiger charge is -2.10. The second-order valence-electron chi connectivity index (χ2n) is 4.57. The molecule has 2 aromatic rings. The second kappa shape index (κ2) is 5.03. The Morgan fingerprint density at radius 2 is 1.76 bits per heavy atom. The number of aliphatic hydroxyl groups is 1. The SMILES string of the molecule is Cc1ccc(CC(O)c2cc(C)sc2C)cc1. The van der Waals surface area contributed by atoms with Crippen LogP contribution in [-0.2, 0) is 6.42 Å². The van der Waals surface area contributed by atoms with Gasteiger partial charge in [0.15, 0.2) is 0 Å². The second-order valence-corrected chi connectivity index (χ2v) is 6.03. The Labute approximate surface area is 107 Å². The van der Waals surface area contributed by atoms with E-state index in [1.54, 1.807) is 11.3 Å². The molecular weight excluding hydrogens is 228 g/mol. The molecule has 1 N–H and O–H groups in total. The third-order valence-corrected chi connectivity index (χ3v) is 3.97. The molecule has 0 saturated heterocycles. The van der Waals surface area contributed by atoms with Gasteiger partial charge in [0.1, 0.15) is 0 Å². The van der Waals surface area contributed by atoms with Crippen molar-refractivity contribution in [2.75, 3.05) is 0 Å². The van der Waals surface area contributed by atoms with E-state index >= 15 is 0 Å². The Balaban J connectivity index is 2.14. The molecule has 1 heterocycles. The maximum absolute atomic E-state index is 10.2. The van der Waals surface area contributed by atoms with E-state index in [0.29, 0.717) is 6.42 Å². The van der Waals surface area contributed by atoms with E-state index in [0.717, 1.165) is 5.56 Å². The summed E-state index contributed by atoms with van der Waals surface area (Å²) in [6, 6.07) is 10.5. The van der Waals surface area contributed by atoms with E-state index in [9.17, 15) is 5.11 Å². The Kier molecular flexibility index (Phi) is 3.65. The fourth-order valence-electron chi connectivity index (χ4n) is 2.04. The number of aryl methyl sites for hydroxylation is 3. The zero-order valence-corrected chi connectivity index (χ0v) is 11.3. The Morgan fingerprint density at radius 1 is 1.12 bits per heavy atom. The van der Waals surface area contributed by atoms with Crippen molar-refractivity contribution in [2.24, 2.45) is 0 Å². The van der Waals surface area contributed by atoms with Gasteiger partial charge < -0.3 is 5.11 Å². The van der Waals surface area contributed by atoms with Gasteiger partial charge in [0.2, 0.25) is 0 Å². The maximum atomic E-state index is 10.2. The van der Waals surface area contributed by atoms with Gasteiger partial charge in [-0.15, -0.1) is 11.3 Å². The minimum atomic E-state index is -0.386. The van der Waals surface area contributed by atoms with Gasteiger partial charge in [0.25, 0.3) is 0 Å². The van der Waals surface area contributed by atoms with Crippen molar-refractivity contribution in [3.8, 4) is 0 Å². The van der Waals surface area contributed by atoms with Gasteiger partial charge in [-0.3, -0.25) is 0 Å². The van der Waals surface area contributed by atoms with Crippen LogP contribution < -0.4 is 0 Å². The van der Waals surface area contributed by atoms with Crippen LogP contribution in [-0.4, -0.2) is 5.11 Å². The highest BCUT2D eigenvalue weighted by Gasteiger charge is 2.13. The fourth-order valence-corrected chi connectivity index (χ4v) is 3.02. The van der Waals surface area contributed by atoms with Gasteiger partial charge in [-0.05, 0) is 38.0 Å². The third-order valence-electron chi connectivity index (χ3n) is 2.99. The lowest BCUT2D eigenvalue weighted by molar-refractivity contribution is 0.178. The van der Waals surface area contributed by atoms with Crippen molar-refractivity contribution in [1.82, 2.24) is 0 Å². The summed E-state index contributed by atoms with van der Waals surface area (Å²) in [5.41, 5.74) is 3.52. The van der Waals surface area contributed by atoms with Crippen molar-refractivity contribution >= 4 is 11.3 Å². The topological polar surface area (TPSA) is 20.2 Å². The number of hydrogen-bond donors (Lipinski definition) is 1. The lowest BCUT2D eigenvalue weighted by atomic mass is 10.0. The molecule has 2 heteroatoms. The Hall–Kier alpha value is -1.12. The van der Waals surface area contributed by atoms with Gasteiger partial charge in [0, 0.05) is 16.2 Å². The first-order valence-electron chi connectivity index (χ1n) is 5.87. The number of aliphatic hydroxyl groups excluding tert-OH is 1. The number of hydrogen-bond acceptors (Lipinski definition) is 2. The van der Waals surface area contributed by atoms with E-state index in [1.807, 2.05) is 0 Å². The van der Waals surface area contributed by atoms with Crippen LogP contribution in [0.15, 0.2) is 30.3 Å². The Bertz CT molecular complexity index is 496. The average Bonchev–Trinajstić information content (AvgIpc) is 2.61. The summed E-state index contributed by atoms with van der Waals surface area (Å²) in [5.74, 6) is 0. The summed E-state index contributed by atoms with van der Waals surface area (Å²) in [6.45, 7) is 6.23. The molecule has 0 saturated carbocycles. The summed E-state index contributed by atoms with van der Waals surface area (Å²) in [5, 5.41) is 10.2. The number of benzene rings is 1. The predicted octanol–water partition coefficient (Wildman–Crippen LogP) is 3.95. The highest BCUT2D eigenvalue weighted by atomic mass is 32.1. The van der Waals surface area contributed by atoms with Gasteiger partial charge in [-0.1, -0.05) is 29.8 Å². The summed E-state index contributed by atoms with van der Waals surface area (Å²) in [7, 11) is 0. The minimum absolute atomic E-state index is 0.386. The highest BCUT2D eigenvalue weighted by Crippen LogP contribution is 2.28. The van der Waals surface area contributed by atoms with Crippen LogP contribution in [0, 0.1) is 20.8 Å². The molecule has 0 aliphatic heterocycles. The summed E-state index contributed by atoms with van der Waals surface area (Å²) >= 11 is 1.75. The summed E-state index contributed by atoms with van der Waals surface area (Å²) in [4.78, 5) is 2.49. The van der Waals surface area contributed by atoms with Crippen molar-refractivity contribution in [1.29, 1.82) is 0 Å². The molecular formula is C15H18OS. The quantitative estimate of drug-likeness (QED) is 0.869. The first-order chi connectivity index (χ1) is 8.06. The molecule has 90 valence electrons. The van der Waals surface area contributed by atoms with Crippen LogP contribution in [0.25, 0.3) is 0 Å². The van der Waals surface area contributed by atoms with E-state index in [1.165, 1.54) is 20.9 Å². The normalized spacial score (nSPS) is 12.7. The molecule has 0 aliphatic rings. The lowest BCUT2D eigenvalue weighted by Crippen LogP contribution is -2.01. The van der Waals surface area contributed by atoms with Crippen LogP contribution in [0.4, 0.5) is 0 Å². The smallest absolute Gasteiger partial charge is 0.0841 e. The van der Waals surface area contributed by atoms with Crippen LogP contribution in [0.5, 0.6) is 0 Å². The highest BCUT2D eigenvalue weighted by molar-refractivity contribution is 7.12. The van der Waals surface area contributed by atoms with E-state index < -0.39 is 0 Å². The first kappa shape index (κ1) is 12.3. The van der Waals surface area contributed by atoms with E-state index in [-0.39, 0.29) is 6.10 Å². The van der Waals surface area contributed by atoms with Gasteiger partial charge >= 0.3 is 0 Å². The monoisotopic (exact) mass is 246 g/mol. The van der Waals surface area contributed by atoms with Crippen molar-refractivity contribution in [3.05, 3.63) is 56.8 Å². The largest absolute Gasteiger partial charge is 0.388 e. The molecule has 1 nitrogen and oxygen atoms in total. The molecule has 1 aromatic heterocycles. The van der Waals surface area contributed by atoms with E-state index in [4.69, 9.17) is 0 Å². The molecule has 1 unspecified atom stereocenters. The molecule has 0 radical (unpaired) electrons. The molecule has 0 amide bonds. The van der Waals surface area contributed by atoms with Gasteiger partial charge in [-0.2, -0.15) is 0 Å². The molecule has 0 spiro atoms. The van der Waals surface area contributed by atoms with Crippen LogP contribution in [0.1, 0.15) is 32.5 Å². The Morgan fingerprint density at radius 3 is 2.29 bits per heavy atom. The van der Waals surface area contributed by atoms with Crippen LogP contribution in [0.2, 0.25) is 0 Å².